The van der Waals surface area contributed by atoms with Gasteiger partial charge in [-0.3, -0.25) is 4.79 Å². The summed E-state index contributed by atoms with van der Waals surface area (Å²) in [5, 5.41) is 8.69. The summed E-state index contributed by atoms with van der Waals surface area (Å²) in [6, 6.07) is 0. The van der Waals surface area contributed by atoms with Crippen LogP contribution in [0.5, 0.6) is 0 Å². The van der Waals surface area contributed by atoms with Crippen molar-refractivity contribution in [2.45, 2.75) is 32.6 Å². The Kier molecular flexibility index (Phi) is 2.73. The van der Waals surface area contributed by atoms with Gasteiger partial charge >= 0.3 is 5.97 Å². The van der Waals surface area contributed by atoms with Crippen molar-refractivity contribution in [1.82, 2.24) is 0 Å². The summed E-state index contributed by atoms with van der Waals surface area (Å²) in [6.45, 7) is 2.48. The molecule has 1 aliphatic carbocycles. The molecule has 12 heavy (non-hydrogen) atoms. The summed E-state index contributed by atoms with van der Waals surface area (Å²) in [5.41, 5.74) is 5.44. The predicted molar refractivity (Wildman–Crippen MR) is 46.8 cm³/mol. The number of hydrogen-bond donors (Lipinski definition) is 2. The molecular weight excluding hydrogens is 154 g/mol. The maximum atomic E-state index is 10.6. The lowest BCUT2D eigenvalue weighted by molar-refractivity contribution is -0.140. The van der Waals surface area contributed by atoms with E-state index >= 15 is 0 Å². The fourth-order valence-electron chi connectivity index (χ4n) is 1.83. The fourth-order valence-corrected chi connectivity index (χ4v) is 1.83. The summed E-state index contributed by atoms with van der Waals surface area (Å²) < 4.78 is 0. The Morgan fingerprint density at radius 2 is 2.25 bits per heavy atom. The molecule has 0 aliphatic heterocycles. The van der Waals surface area contributed by atoms with Gasteiger partial charge in [0.1, 0.15) is 0 Å². The van der Waals surface area contributed by atoms with Gasteiger partial charge in [-0.05, 0) is 30.7 Å². The van der Waals surface area contributed by atoms with Crippen molar-refractivity contribution in [3.05, 3.63) is 0 Å². The molecule has 0 bridgehead atoms. The zero-order valence-electron chi connectivity index (χ0n) is 7.55. The molecule has 1 unspecified atom stereocenters. The van der Waals surface area contributed by atoms with Gasteiger partial charge in [-0.15, -0.1) is 0 Å². The average molecular weight is 171 g/mol. The molecule has 0 heterocycles. The molecule has 3 nitrogen and oxygen atoms in total. The molecule has 0 aromatic carbocycles. The van der Waals surface area contributed by atoms with E-state index in [0.717, 1.165) is 12.8 Å². The molecule has 3 N–H and O–H groups in total. The molecule has 0 amide bonds. The first-order valence-electron chi connectivity index (χ1n) is 4.50. The smallest absolute Gasteiger partial charge is 0.303 e. The first kappa shape index (κ1) is 9.52. The normalized spacial score (nSPS) is 22.8. The summed E-state index contributed by atoms with van der Waals surface area (Å²) in [5.74, 6) is -0.187. The molecule has 0 aromatic rings. The van der Waals surface area contributed by atoms with Crippen LogP contribution in [0.1, 0.15) is 32.6 Å². The van der Waals surface area contributed by atoms with E-state index in [9.17, 15) is 4.79 Å². The van der Waals surface area contributed by atoms with Crippen molar-refractivity contribution >= 4 is 5.97 Å². The molecule has 1 atom stereocenters. The van der Waals surface area contributed by atoms with Gasteiger partial charge in [0.2, 0.25) is 0 Å². The van der Waals surface area contributed by atoms with E-state index in [2.05, 4.69) is 0 Å². The summed E-state index contributed by atoms with van der Waals surface area (Å²) >= 11 is 0. The second-order valence-corrected chi connectivity index (χ2v) is 4.06. The molecule has 1 saturated carbocycles. The Balaban J connectivity index is 2.53. The van der Waals surface area contributed by atoms with Gasteiger partial charge in [0, 0.05) is 0 Å². The van der Waals surface area contributed by atoms with E-state index < -0.39 is 5.97 Å². The van der Waals surface area contributed by atoms with E-state index in [0.29, 0.717) is 12.5 Å². The van der Waals surface area contributed by atoms with E-state index in [4.69, 9.17) is 10.8 Å². The molecule has 1 rings (SSSR count). The zero-order valence-corrected chi connectivity index (χ0v) is 7.55. The quantitative estimate of drug-likeness (QED) is 0.668. The van der Waals surface area contributed by atoms with Crippen LogP contribution in [0.4, 0.5) is 0 Å². The summed E-state index contributed by atoms with van der Waals surface area (Å²) in [4.78, 5) is 10.6. The Bertz CT molecular complexity index is 177. The number of rotatable bonds is 4. The highest BCUT2D eigenvalue weighted by Gasteiger charge is 2.38. The minimum atomic E-state index is -0.727. The van der Waals surface area contributed by atoms with E-state index in [1.54, 1.807) is 0 Å². The molecule has 0 aromatic heterocycles. The number of carboxylic acid groups (broad SMARTS) is 1. The maximum Gasteiger partial charge on any atom is 0.303 e. The third-order valence-corrected chi connectivity index (χ3v) is 3.11. The van der Waals surface area contributed by atoms with E-state index in [1.807, 2.05) is 6.92 Å². The number of hydrogen-bond acceptors (Lipinski definition) is 2. The second kappa shape index (κ2) is 3.44. The molecule has 0 saturated heterocycles. The van der Waals surface area contributed by atoms with Crippen LogP contribution >= 0.6 is 0 Å². The lowest BCUT2D eigenvalue weighted by Crippen LogP contribution is -2.40. The summed E-state index contributed by atoms with van der Waals surface area (Å²) in [7, 11) is 0. The number of aliphatic carboxylic acids is 1. The molecule has 0 radical (unpaired) electrons. The van der Waals surface area contributed by atoms with Gasteiger partial charge in [0.05, 0.1) is 6.42 Å². The van der Waals surface area contributed by atoms with Crippen LogP contribution in [0.15, 0.2) is 0 Å². The Morgan fingerprint density at radius 1 is 1.67 bits per heavy atom. The van der Waals surface area contributed by atoms with Crippen LogP contribution in [0, 0.1) is 11.3 Å². The lowest BCUT2D eigenvalue weighted by Gasteiger charge is -2.41. The van der Waals surface area contributed by atoms with Crippen molar-refractivity contribution < 1.29 is 9.90 Å². The summed E-state index contributed by atoms with van der Waals surface area (Å²) in [6.07, 6.45) is 3.76. The third-order valence-electron chi connectivity index (χ3n) is 3.11. The molecule has 1 fully saturated rings. The molecule has 3 heteroatoms. The molecule has 1 aliphatic rings. The largest absolute Gasteiger partial charge is 0.481 e. The van der Waals surface area contributed by atoms with Crippen molar-refractivity contribution in [2.24, 2.45) is 17.1 Å². The SMILES string of the molecule is CC(CN)(CC(=O)O)C1CCC1. The van der Waals surface area contributed by atoms with Gasteiger partial charge in [-0.1, -0.05) is 13.3 Å². The second-order valence-electron chi connectivity index (χ2n) is 4.06. The maximum absolute atomic E-state index is 10.6. The average Bonchev–Trinajstić information content (AvgIpc) is 1.81. The van der Waals surface area contributed by atoms with Gasteiger partial charge in [0.25, 0.3) is 0 Å². The van der Waals surface area contributed by atoms with Gasteiger partial charge in [-0.2, -0.15) is 0 Å². The van der Waals surface area contributed by atoms with Gasteiger partial charge < -0.3 is 10.8 Å². The standard InChI is InChI=1S/C9H17NO2/c1-9(6-10,5-8(11)12)7-3-2-4-7/h7H,2-6,10H2,1H3,(H,11,12). The van der Waals surface area contributed by atoms with Crippen molar-refractivity contribution in [3.8, 4) is 0 Å². The Morgan fingerprint density at radius 3 is 2.50 bits per heavy atom. The van der Waals surface area contributed by atoms with Crippen LogP contribution in [-0.2, 0) is 4.79 Å². The van der Waals surface area contributed by atoms with Gasteiger partial charge in [-0.25, -0.2) is 0 Å². The topological polar surface area (TPSA) is 63.3 Å². The first-order valence-corrected chi connectivity index (χ1v) is 4.50. The van der Waals surface area contributed by atoms with Crippen molar-refractivity contribution in [3.63, 3.8) is 0 Å². The van der Waals surface area contributed by atoms with Crippen LogP contribution in [0.3, 0.4) is 0 Å². The lowest BCUT2D eigenvalue weighted by atomic mass is 9.65. The Hall–Kier alpha value is -0.570. The van der Waals surface area contributed by atoms with Crippen LogP contribution in [-0.4, -0.2) is 17.6 Å². The molecular formula is C9H17NO2. The zero-order chi connectivity index (χ0) is 9.19. The van der Waals surface area contributed by atoms with Crippen molar-refractivity contribution in [1.29, 1.82) is 0 Å². The third kappa shape index (κ3) is 1.78. The van der Waals surface area contributed by atoms with Gasteiger partial charge in [0.15, 0.2) is 0 Å². The molecule has 70 valence electrons. The number of carboxylic acids is 1. The Labute approximate surface area is 72.9 Å². The minimum absolute atomic E-state index is 0.163. The highest BCUT2D eigenvalue weighted by molar-refractivity contribution is 5.67. The van der Waals surface area contributed by atoms with Crippen LogP contribution in [0.25, 0.3) is 0 Å². The minimum Gasteiger partial charge on any atom is -0.481 e. The highest BCUT2D eigenvalue weighted by atomic mass is 16.4. The number of carbonyl (C=O) groups is 1. The predicted octanol–water partition coefficient (Wildman–Crippen LogP) is 1.23. The monoisotopic (exact) mass is 171 g/mol. The van der Waals surface area contributed by atoms with Crippen molar-refractivity contribution in [2.75, 3.05) is 6.54 Å². The fraction of sp³-hybridized carbons (Fsp3) is 0.889. The van der Waals surface area contributed by atoms with E-state index in [1.165, 1.54) is 6.42 Å². The van der Waals surface area contributed by atoms with Crippen LogP contribution in [0.2, 0.25) is 0 Å². The number of nitrogens with two attached hydrogens (primary N) is 1. The first-order chi connectivity index (χ1) is 5.58. The van der Waals surface area contributed by atoms with Crippen LogP contribution < -0.4 is 5.73 Å². The molecule has 0 spiro atoms. The highest BCUT2D eigenvalue weighted by Crippen LogP contribution is 2.43. The van der Waals surface area contributed by atoms with E-state index in [-0.39, 0.29) is 11.8 Å².